The van der Waals surface area contributed by atoms with Crippen LogP contribution < -0.4 is 10.6 Å². The highest BCUT2D eigenvalue weighted by molar-refractivity contribution is 5.81. The summed E-state index contributed by atoms with van der Waals surface area (Å²) >= 11 is 0. The van der Waals surface area contributed by atoms with Gasteiger partial charge in [0.1, 0.15) is 0 Å². The van der Waals surface area contributed by atoms with Crippen molar-refractivity contribution in [2.75, 3.05) is 0 Å². The van der Waals surface area contributed by atoms with Crippen LogP contribution in [0.1, 0.15) is 44.7 Å². The van der Waals surface area contributed by atoms with E-state index in [2.05, 4.69) is 15.7 Å². The van der Waals surface area contributed by atoms with Gasteiger partial charge in [0, 0.05) is 25.8 Å². The van der Waals surface area contributed by atoms with Gasteiger partial charge >= 0.3 is 0 Å². The van der Waals surface area contributed by atoms with Crippen molar-refractivity contribution in [2.45, 2.75) is 57.7 Å². The van der Waals surface area contributed by atoms with Crippen LogP contribution in [-0.4, -0.2) is 27.8 Å². The minimum Gasteiger partial charge on any atom is -0.352 e. The van der Waals surface area contributed by atoms with Crippen molar-refractivity contribution in [3.05, 3.63) is 18.0 Å². The van der Waals surface area contributed by atoms with E-state index in [4.69, 9.17) is 0 Å². The Labute approximate surface area is 114 Å². The highest BCUT2D eigenvalue weighted by Crippen LogP contribution is 2.17. The smallest absolute Gasteiger partial charge is 0.237 e. The third kappa shape index (κ3) is 4.35. The fourth-order valence-electron chi connectivity index (χ4n) is 2.48. The number of carbonyl (C=O) groups excluding carboxylic acids is 1. The number of rotatable bonds is 5. The Morgan fingerprint density at radius 3 is 2.84 bits per heavy atom. The van der Waals surface area contributed by atoms with Gasteiger partial charge in [-0.05, 0) is 25.8 Å². The van der Waals surface area contributed by atoms with E-state index in [1.165, 1.54) is 19.3 Å². The van der Waals surface area contributed by atoms with Gasteiger partial charge in [0.25, 0.3) is 0 Å². The van der Waals surface area contributed by atoms with E-state index < -0.39 is 0 Å². The van der Waals surface area contributed by atoms with Crippen LogP contribution in [0.15, 0.2) is 12.3 Å². The second-order valence-electron chi connectivity index (χ2n) is 5.43. The number of hydrogen-bond donors (Lipinski definition) is 2. The summed E-state index contributed by atoms with van der Waals surface area (Å²) in [6, 6.07) is 2.16. The second-order valence-corrected chi connectivity index (χ2v) is 5.43. The Bertz CT molecular complexity index is 409. The summed E-state index contributed by atoms with van der Waals surface area (Å²) in [5.41, 5.74) is 0.958. The Hall–Kier alpha value is -1.36. The van der Waals surface area contributed by atoms with E-state index in [1.54, 1.807) is 4.68 Å². The lowest BCUT2D eigenvalue weighted by atomic mass is 9.95. The van der Waals surface area contributed by atoms with E-state index in [-0.39, 0.29) is 11.9 Å². The van der Waals surface area contributed by atoms with Gasteiger partial charge in [-0.25, -0.2) is 0 Å². The van der Waals surface area contributed by atoms with E-state index in [1.807, 2.05) is 26.2 Å². The molecular formula is C14H24N4O. The molecule has 5 nitrogen and oxygen atoms in total. The van der Waals surface area contributed by atoms with Crippen molar-refractivity contribution in [1.29, 1.82) is 0 Å². The molecule has 2 N–H and O–H groups in total. The molecule has 1 aromatic heterocycles. The number of hydrogen-bond acceptors (Lipinski definition) is 3. The predicted molar refractivity (Wildman–Crippen MR) is 74.5 cm³/mol. The van der Waals surface area contributed by atoms with Gasteiger partial charge in [0.05, 0.1) is 11.7 Å². The molecule has 1 atom stereocenters. The lowest BCUT2D eigenvalue weighted by Gasteiger charge is -2.24. The van der Waals surface area contributed by atoms with Crippen molar-refractivity contribution >= 4 is 5.91 Å². The molecule has 1 fully saturated rings. The minimum atomic E-state index is -0.177. The molecule has 1 unspecified atom stereocenters. The molecule has 1 heterocycles. The zero-order valence-electron chi connectivity index (χ0n) is 11.9. The average Bonchev–Trinajstić information content (AvgIpc) is 2.83. The van der Waals surface area contributed by atoms with Crippen molar-refractivity contribution in [2.24, 2.45) is 7.05 Å². The first-order valence-corrected chi connectivity index (χ1v) is 7.17. The molecule has 2 rings (SSSR count). The minimum absolute atomic E-state index is 0.0998. The molecule has 19 heavy (non-hydrogen) atoms. The summed E-state index contributed by atoms with van der Waals surface area (Å²) in [5.74, 6) is 0.0998. The van der Waals surface area contributed by atoms with Gasteiger partial charge in [-0.15, -0.1) is 0 Å². The third-order valence-electron chi connectivity index (χ3n) is 3.70. The predicted octanol–water partition coefficient (Wildman–Crippen LogP) is 1.35. The molecule has 0 radical (unpaired) electrons. The van der Waals surface area contributed by atoms with Crippen LogP contribution in [0.2, 0.25) is 0 Å². The number of amides is 1. The van der Waals surface area contributed by atoms with Gasteiger partial charge in [-0.2, -0.15) is 5.10 Å². The average molecular weight is 264 g/mol. The zero-order valence-corrected chi connectivity index (χ0v) is 11.9. The maximum Gasteiger partial charge on any atom is 0.237 e. The Balaban J connectivity index is 1.72. The summed E-state index contributed by atoms with van der Waals surface area (Å²) in [7, 11) is 1.89. The summed E-state index contributed by atoms with van der Waals surface area (Å²) in [6.07, 6.45) is 7.93. The molecule has 0 aromatic carbocycles. The number of carbonyl (C=O) groups is 1. The lowest BCUT2D eigenvalue weighted by Crippen LogP contribution is -2.46. The van der Waals surface area contributed by atoms with Crippen LogP contribution in [0.25, 0.3) is 0 Å². The summed E-state index contributed by atoms with van der Waals surface area (Å²) < 4.78 is 1.77. The molecule has 1 saturated carbocycles. The number of aromatic nitrogens is 2. The van der Waals surface area contributed by atoms with Crippen LogP contribution in [0.4, 0.5) is 0 Å². The molecule has 0 saturated heterocycles. The van der Waals surface area contributed by atoms with Crippen LogP contribution in [0.3, 0.4) is 0 Å². The number of nitrogens with zero attached hydrogens (tertiary/aromatic N) is 2. The van der Waals surface area contributed by atoms with Crippen LogP contribution in [0.5, 0.6) is 0 Å². The van der Waals surface area contributed by atoms with E-state index in [0.717, 1.165) is 18.5 Å². The number of nitrogens with one attached hydrogen (secondary N) is 2. The van der Waals surface area contributed by atoms with E-state index in [0.29, 0.717) is 12.6 Å². The molecule has 0 spiro atoms. The molecule has 1 amide bonds. The van der Waals surface area contributed by atoms with Crippen LogP contribution >= 0.6 is 0 Å². The molecule has 106 valence electrons. The SMILES string of the molecule is CC(NCc1ccn(C)n1)C(=O)NC1CCCCC1. The summed E-state index contributed by atoms with van der Waals surface area (Å²) in [6.45, 7) is 2.53. The maximum atomic E-state index is 12.0. The lowest BCUT2D eigenvalue weighted by molar-refractivity contribution is -0.123. The summed E-state index contributed by atoms with van der Waals surface area (Å²) in [4.78, 5) is 12.0. The standard InChI is InChI=1S/C14H24N4O/c1-11(15-10-13-8-9-18(2)17-13)14(19)16-12-6-4-3-5-7-12/h8-9,11-12,15H,3-7,10H2,1-2H3,(H,16,19). The van der Waals surface area contributed by atoms with Crippen LogP contribution in [-0.2, 0) is 18.4 Å². The van der Waals surface area contributed by atoms with Crippen molar-refractivity contribution in [3.8, 4) is 0 Å². The maximum absolute atomic E-state index is 12.0. The van der Waals surface area contributed by atoms with Gasteiger partial charge in [0.15, 0.2) is 0 Å². The van der Waals surface area contributed by atoms with Gasteiger partial charge in [-0.1, -0.05) is 19.3 Å². The Kier molecular flexibility index (Phi) is 4.96. The first-order valence-electron chi connectivity index (χ1n) is 7.17. The fraction of sp³-hybridized carbons (Fsp3) is 0.714. The highest BCUT2D eigenvalue weighted by atomic mass is 16.2. The molecule has 5 heteroatoms. The van der Waals surface area contributed by atoms with Gasteiger partial charge in [0.2, 0.25) is 5.91 Å². The monoisotopic (exact) mass is 264 g/mol. The van der Waals surface area contributed by atoms with E-state index in [9.17, 15) is 4.79 Å². The molecule has 0 aliphatic heterocycles. The normalized spacial score (nSPS) is 18.2. The highest BCUT2D eigenvalue weighted by Gasteiger charge is 2.19. The quantitative estimate of drug-likeness (QED) is 0.844. The molecule has 1 aromatic rings. The van der Waals surface area contributed by atoms with Crippen molar-refractivity contribution in [3.63, 3.8) is 0 Å². The Morgan fingerprint density at radius 1 is 1.47 bits per heavy atom. The summed E-state index contributed by atoms with van der Waals surface area (Å²) in [5, 5.41) is 10.6. The van der Waals surface area contributed by atoms with Gasteiger partial charge in [-0.3, -0.25) is 9.48 Å². The van der Waals surface area contributed by atoms with Crippen molar-refractivity contribution in [1.82, 2.24) is 20.4 Å². The molecular weight excluding hydrogens is 240 g/mol. The fourth-order valence-corrected chi connectivity index (χ4v) is 2.48. The number of aryl methyl sites for hydroxylation is 1. The first kappa shape index (κ1) is 14.1. The second kappa shape index (κ2) is 6.70. The topological polar surface area (TPSA) is 59.0 Å². The third-order valence-corrected chi connectivity index (χ3v) is 3.70. The first-order chi connectivity index (χ1) is 9.15. The Morgan fingerprint density at radius 2 is 2.21 bits per heavy atom. The van der Waals surface area contributed by atoms with Crippen LogP contribution in [0, 0.1) is 0 Å². The zero-order chi connectivity index (χ0) is 13.7. The van der Waals surface area contributed by atoms with Crippen molar-refractivity contribution < 1.29 is 4.79 Å². The molecule has 1 aliphatic rings. The largest absolute Gasteiger partial charge is 0.352 e. The van der Waals surface area contributed by atoms with Gasteiger partial charge < -0.3 is 10.6 Å². The molecule has 0 bridgehead atoms. The van der Waals surface area contributed by atoms with E-state index >= 15 is 0 Å². The molecule has 1 aliphatic carbocycles.